The summed E-state index contributed by atoms with van der Waals surface area (Å²) in [6.07, 6.45) is 0. The number of primary sulfonamides is 1. The lowest BCUT2D eigenvalue weighted by Crippen LogP contribution is -2.15. The lowest BCUT2D eigenvalue weighted by molar-refractivity contribution is -0.385. The minimum atomic E-state index is -4.11. The Labute approximate surface area is 204 Å². The summed E-state index contributed by atoms with van der Waals surface area (Å²) < 4.78 is 53.4. The molecule has 0 saturated heterocycles. The number of benzene rings is 3. The number of hydrogen-bond donors (Lipinski definition) is 4. The van der Waals surface area contributed by atoms with E-state index in [1.807, 2.05) is 5.32 Å². The fraction of sp³-hybridized carbons (Fsp3) is 0.0435. The number of rotatable bonds is 7. The Kier molecular flexibility index (Phi) is 7.27. The fourth-order valence-corrected chi connectivity index (χ4v) is 4.13. The number of amidine groups is 1. The van der Waals surface area contributed by atoms with Crippen molar-refractivity contribution in [1.82, 2.24) is 0 Å². The highest BCUT2D eigenvalue weighted by atomic mass is 32.2. The van der Waals surface area contributed by atoms with Crippen LogP contribution in [0.1, 0.15) is 18.1 Å². The van der Waals surface area contributed by atoms with Crippen molar-refractivity contribution in [3.63, 3.8) is 0 Å². The van der Waals surface area contributed by atoms with Gasteiger partial charge in [-0.3, -0.25) is 20.3 Å². The number of amides is 1. The lowest BCUT2D eigenvalue weighted by atomic mass is 10.0. The van der Waals surface area contributed by atoms with Crippen LogP contribution in [-0.4, -0.2) is 25.1 Å². The predicted octanol–water partition coefficient (Wildman–Crippen LogP) is 3.67. The molecule has 6 N–H and O–H groups in total. The third kappa shape index (κ3) is 5.42. The predicted molar refractivity (Wildman–Crippen MR) is 130 cm³/mol. The van der Waals surface area contributed by atoms with Crippen LogP contribution in [0.5, 0.6) is 0 Å². The molecular weight excluding hydrogens is 496 g/mol. The average Bonchev–Trinajstić information content (AvgIpc) is 2.83. The molecule has 0 aliphatic carbocycles. The van der Waals surface area contributed by atoms with Crippen molar-refractivity contribution in [1.29, 1.82) is 5.41 Å². The zero-order chi connectivity index (χ0) is 26.8. The maximum Gasteiger partial charge on any atom is 0.284 e. The number of nitrogens with two attached hydrogens (primary N) is 2. The Morgan fingerprint density at radius 3 is 2.36 bits per heavy atom. The van der Waals surface area contributed by atoms with Gasteiger partial charge >= 0.3 is 0 Å². The van der Waals surface area contributed by atoms with Gasteiger partial charge in [0.1, 0.15) is 11.7 Å². The molecule has 3 aromatic carbocycles. The van der Waals surface area contributed by atoms with Gasteiger partial charge in [0, 0.05) is 22.8 Å². The van der Waals surface area contributed by atoms with E-state index < -0.39 is 55.3 Å². The molecule has 36 heavy (non-hydrogen) atoms. The molecule has 0 aliphatic rings. The molecule has 3 aromatic rings. The number of sulfonamides is 1. The van der Waals surface area contributed by atoms with E-state index in [1.165, 1.54) is 36.4 Å². The highest BCUT2D eigenvalue weighted by Crippen LogP contribution is 2.32. The number of nitrogen functional groups attached to an aromatic ring is 1. The van der Waals surface area contributed by atoms with Crippen LogP contribution in [0.25, 0.3) is 16.7 Å². The zero-order valence-corrected chi connectivity index (χ0v) is 19.4. The summed E-state index contributed by atoms with van der Waals surface area (Å²) in [4.78, 5) is 22.8. The van der Waals surface area contributed by atoms with Crippen molar-refractivity contribution >= 4 is 38.7 Å². The van der Waals surface area contributed by atoms with Crippen LogP contribution >= 0.6 is 0 Å². The number of nitro groups is 1. The van der Waals surface area contributed by atoms with E-state index in [4.69, 9.17) is 16.3 Å². The quantitative estimate of drug-likeness (QED) is 0.122. The molecule has 0 atom stereocenters. The number of nitrogens with zero attached hydrogens (tertiary/aromatic N) is 1. The Balaban J connectivity index is 1.96. The molecule has 0 aliphatic heterocycles. The Morgan fingerprint density at radius 1 is 1.11 bits per heavy atom. The van der Waals surface area contributed by atoms with Crippen molar-refractivity contribution < 1.29 is 26.9 Å². The van der Waals surface area contributed by atoms with E-state index in [1.54, 1.807) is 0 Å². The zero-order valence-electron chi connectivity index (χ0n) is 18.6. The second-order valence-corrected chi connectivity index (χ2v) is 9.06. The average molecular weight is 515 g/mol. The molecule has 0 heterocycles. The van der Waals surface area contributed by atoms with Crippen LogP contribution in [0.3, 0.4) is 0 Å². The molecule has 0 aromatic heterocycles. The summed E-state index contributed by atoms with van der Waals surface area (Å²) in [6.45, 7) is 1.12. The maximum absolute atomic E-state index is 15.0. The van der Waals surface area contributed by atoms with E-state index in [2.05, 4.69) is 0 Å². The van der Waals surface area contributed by atoms with Crippen molar-refractivity contribution in [2.45, 2.75) is 11.8 Å². The van der Waals surface area contributed by atoms with Crippen LogP contribution in [-0.2, 0) is 14.8 Å². The molecule has 3 rings (SSSR count). The molecule has 0 unspecified atom stereocenters. The monoisotopic (exact) mass is 515 g/mol. The van der Waals surface area contributed by atoms with Crippen LogP contribution in [0, 0.1) is 21.3 Å². The lowest BCUT2D eigenvalue weighted by Gasteiger charge is -2.11. The van der Waals surface area contributed by atoms with Crippen molar-refractivity contribution in [3.05, 3.63) is 93.5 Å². The number of anilines is 1. The van der Waals surface area contributed by atoms with Crippen LogP contribution in [0.4, 0.5) is 20.2 Å². The van der Waals surface area contributed by atoms with Crippen molar-refractivity contribution in [2.75, 3.05) is 5.32 Å². The van der Waals surface area contributed by atoms with Gasteiger partial charge in [0.2, 0.25) is 10.0 Å². The molecule has 186 valence electrons. The molecule has 10 nitrogen and oxygen atoms in total. The van der Waals surface area contributed by atoms with Gasteiger partial charge in [-0.05, 0) is 42.8 Å². The molecule has 1 amide bonds. The van der Waals surface area contributed by atoms with Gasteiger partial charge in [-0.15, -0.1) is 0 Å². The summed E-state index contributed by atoms with van der Waals surface area (Å²) in [5.74, 6) is -4.23. The normalized spacial score (nSPS) is 12.0. The van der Waals surface area contributed by atoms with Gasteiger partial charge in [0.25, 0.3) is 11.6 Å². The van der Waals surface area contributed by atoms with Gasteiger partial charge in [-0.2, -0.15) is 0 Å². The van der Waals surface area contributed by atoms with E-state index in [0.29, 0.717) is 0 Å². The fourth-order valence-electron chi connectivity index (χ4n) is 3.37. The van der Waals surface area contributed by atoms with Gasteiger partial charge in [-0.1, -0.05) is 24.3 Å². The highest BCUT2D eigenvalue weighted by molar-refractivity contribution is 7.89. The molecule has 0 radical (unpaired) electrons. The molecule has 0 saturated carbocycles. The maximum atomic E-state index is 15.0. The standard InChI is InChI=1S/C23H19F2N5O5S/c1-12(16-10-14(22(26)27)7-9-19(16)30(32)33)21(25)23(31)29-18-8-6-13(11-17(18)24)15-4-2-3-5-20(15)36(28,34)35/h2-11H,1H3,(H3,26,27)(H,29,31)(H2,28,34,35)/b21-12+. The number of allylic oxidation sites excluding steroid dienone is 1. The smallest absolute Gasteiger partial charge is 0.284 e. The molecule has 0 fully saturated rings. The highest BCUT2D eigenvalue weighted by Gasteiger charge is 2.23. The number of hydrogen-bond acceptors (Lipinski definition) is 6. The first-order valence-corrected chi connectivity index (χ1v) is 11.6. The SMILES string of the molecule is C/C(=C(\F)C(=O)Nc1ccc(-c2ccccc2S(N)(=O)=O)cc1F)c1cc(C(=N)N)ccc1[N+](=O)[O-]. The van der Waals surface area contributed by atoms with E-state index in [9.17, 15) is 32.1 Å². The first-order valence-electron chi connectivity index (χ1n) is 10.0. The van der Waals surface area contributed by atoms with Crippen LogP contribution in [0.2, 0.25) is 0 Å². The summed E-state index contributed by atoms with van der Waals surface area (Å²) >= 11 is 0. The van der Waals surface area contributed by atoms with Gasteiger partial charge in [0.05, 0.1) is 21.1 Å². The first-order chi connectivity index (χ1) is 16.8. The molecule has 0 bridgehead atoms. The van der Waals surface area contributed by atoms with Gasteiger partial charge in [-0.25, -0.2) is 22.3 Å². The van der Waals surface area contributed by atoms with Gasteiger partial charge in [0.15, 0.2) is 5.83 Å². The molecule has 13 heteroatoms. The second kappa shape index (κ2) is 10.0. The Hall–Kier alpha value is -4.49. The third-order valence-corrected chi connectivity index (χ3v) is 6.13. The summed E-state index contributed by atoms with van der Waals surface area (Å²) in [6, 6.07) is 12.3. The van der Waals surface area contributed by atoms with Crippen LogP contribution in [0.15, 0.2) is 71.4 Å². The molecule has 0 spiro atoms. The van der Waals surface area contributed by atoms with Crippen LogP contribution < -0.4 is 16.2 Å². The minimum absolute atomic E-state index is 0.0737. The minimum Gasteiger partial charge on any atom is -0.384 e. The summed E-state index contributed by atoms with van der Waals surface area (Å²) in [7, 11) is -4.11. The van der Waals surface area contributed by atoms with E-state index >= 15 is 0 Å². The first kappa shape index (κ1) is 26.1. The summed E-state index contributed by atoms with van der Waals surface area (Å²) in [5, 5.41) is 26.1. The Morgan fingerprint density at radius 2 is 1.78 bits per heavy atom. The largest absolute Gasteiger partial charge is 0.384 e. The van der Waals surface area contributed by atoms with Gasteiger partial charge < -0.3 is 11.1 Å². The van der Waals surface area contributed by atoms with E-state index in [0.717, 1.165) is 31.2 Å². The van der Waals surface area contributed by atoms with E-state index in [-0.39, 0.29) is 27.1 Å². The van der Waals surface area contributed by atoms with Crippen molar-refractivity contribution in [3.8, 4) is 11.1 Å². The summed E-state index contributed by atoms with van der Waals surface area (Å²) in [5.41, 5.74) is 4.07. The number of nitro benzene ring substituents is 1. The number of nitrogens with one attached hydrogen (secondary N) is 2. The number of carbonyl (C=O) groups excluding carboxylic acids is 1. The van der Waals surface area contributed by atoms with Crippen molar-refractivity contribution in [2.24, 2.45) is 10.9 Å². The Bertz CT molecular complexity index is 1550. The number of carbonyl (C=O) groups is 1. The number of halogens is 2. The molecular formula is C23H19F2N5O5S. The third-order valence-electron chi connectivity index (χ3n) is 5.16. The topological polar surface area (TPSA) is 182 Å². The second-order valence-electron chi connectivity index (χ2n) is 7.53.